The fraction of sp³-hybridized carbons (Fsp3) is 0.333. The molecule has 1 saturated heterocycles. The van der Waals surface area contributed by atoms with E-state index in [-0.39, 0.29) is 5.92 Å². The summed E-state index contributed by atoms with van der Waals surface area (Å²) >= 11 is 0. The molecule has 1 fully saturated rings. The Bertz CT molecular complexity index is 992. The summed E-state index contributed by atoms with van der Waals surface area (Å²) in [6.07, 6.45) is 7.00. The second kappa shape index (κ2) is 7.53. The first-order chi connectivity index (χ1) is 13.1. The Morgan fingerprint density at radius 3 is 2.81 bits per heavy atom. The van der Waals surface area contributed by atoms with Gasteiger partial charge in [0.05, 0.1) is 11.1 Å². The van der Waals surface area contributed by atoms with E-state index in [9.17, 15) is 8.42 Å². The van der Waals surface area contributed by atoms with E-state index in [4.69, 9.17) is 4.52 Å². The number of hydrogen-bond acceptors (Lipinski definition) is 7. The van der Waals surface area contributed by atoms with E-state index in [2.05, 4.69) is 20.1 Å². The van der Waals surface area contributed by atoms with Crippen molar-refractivity contribution in [1.82, 2.24) is 24.4 Å². The molecule has 1 unspecified atom stereocenters. The molecule has 1 aromatic carbocycles. The van der Waals surface area contributed by atoms with Crippen LogP contribution >= 0.6 is 0 Å². The topological polar surface area (TPSA) is 102 Å². The van der Waals surface area contributed by atoms with Crippen molar-refractivity contribution in [3.63, 3.8) is 0 Å². The number of sulfonamides is 1. The zero-order valence-corrected chi connectivity index (χ0v) is 15.4. The van der Waals surface area contributed by atoms with Gasteiger partial charge in [0.2, 0.25) is 10.0 Å². The Kier molecular flexibility index (Phi) is 4.95. The van der Waals surface area contributed by atoms with Gasteiger partial charge in [0.25, 0.3) is 5.89 Å². The van der Waals surface area contributed by atoms with Crippen LogP contribution in [-0.2, 0) is 16.4 Å². The molecule has 3 aromatic rings. The zero-order valence-electron chi connectivity index (χ0n) is 14.6. The van der Waals surface area contributed by atoms with Gasteiger partial charge in [-0.05, 0) is 30.9 Å². The Morgan fingerprint density at radius 2 is 2.04 bits per heavy atom. The maximum Gasteiger partial charge on any atom is 0.278 e. The summed E-state index contributed by atoms with van der Waals surface area (Å²) in [4.78, 5) is 12.8. The van der Waals surface area contributed by atoms with E-state index in [0.717, 1.165) is 12.8 Å². The Hall–Kier alpha value is -2.65. The fourth-order valence-corrected chi connectivity index (χ4v) is 4.84. The molecule has 140 valence electrons. The van der Waals surface area contributed by atoms with Crippen LogP contribution in [0.25, 0.3) is 11.6 Å². The average Bonchev–Trinajstić information content (AvgIpc) is 3.18. The first-order valence-corrected chi connectivity index (χ1v) is 10.2. The first kappa shape index (κ1) is 17.7. The summed E-state index contributed by atoms with van der Waals surface area (Å²) in [5.41, 5.74) is 0.521. The predicted molar refractivity (Wildman–Crippen MR) is 97.0 cm³/mol. The SMILES string of the molecule is O=S(=O)(c1ccccc1)N1CCCC(Cc2noc(-c3cnccn3)n2)C1. The number of benzene rings is 1. The average molecular weight is 385 g/mol. The molecule has 2 aromatic heterocycles. The van der Waals surface area contributed by atoms with E-state index in [1.807, 2.05) is 6.07 Å². The second-order valence-electron chi connectivity index (χ2n) is 6.49. The molecule has 0 saturated carbocycles. The molecular weight excluding hydrogens is 366 g/mol. The Labute approximate surface area is 157 Å². The van der Waals surface area contributed by atoms with E-state index in [0.29, 0.717) is 41.8 Å². The van der Waals surface area contributed by atoms with Gasteiger partial charge < -0.3 is 4.52 Å². The summed E-state index contributed by atoms with van der Waals surface area (Å²) in [7, 11) is -3.47. The van der Waals surface area contributed by atoms with Crippen LogP contribution in [0.5, 0.6) is 0 Å². The molecule has 1 aliphatic rings. The molecule has 0 bridgehead atoms. The smallest absolute Gasteiger partial charge is 0.278 e. The van der Waals surface area contributed by atoms with Crippen molar-refractivity contribution in [3.05, 3.63) is 54.7 Å². The lowest BCUT2D eigenvalue weighted by Gasteiger charge is -2.31. The van der Waals surface area contributed by atoms with E-state index < -0.39 is 10.0 Å². The van der Waals surface area contributed by atoms with Gasteiger partial charge >= 0.3 is 0 Å². The molecule has 1 atom stereocenters. The van der Waals surface area contributed by atoms with Crippen molar-refractivity contribution in [2.75, 3.05) is 13.1 Å². The van der Waals surface area contributed by atoms with Gasteiger partial charge in [-0.3, -0.25) is 4.98 Å². The third kappa shape index (κ3) is 3.88. The van der Waals surface area contributed by atoms with E-state index >= 15 is 0 Å². The summed E-state index contributed by atoms with van der Waals surface area (Å²) in [6, 6.07) is 8.54. The van der Waals surface area contributed by atoms with Gasteiger partial charge in [0.15, 0.2) is 5.82 Å². The molecule has 0 aliphatic carbocycles. The fourth-order valence-electron chi connectivity index (χ4n) is 3.26. The first-order valence-electron chi connectivity index (χ1n) is 8.77. The zero-order chi connectivity index (χ0) is 18.7. The number of hydrogen-bond donors (Lipinski definition) is 0. The molecule has 3 heterocycles. The third-order valence-corrected chi connectivity index (χ3v) is 6.46. The molecule has 9 heteroatoms. The highest BCUT2D eigenvalue weighted by Crippen LogP contribution is 2.26. The standard InChI is InChI=1S/C18H19N5O3S/c24-27(25,15-6-2-1-3-7-15)23-10-4-5-14(13-23)11-17-21-18(26-22-17)16-12-19-8-9-20-16/h1-3,6-9,12,14H,4-5,10-11,13H2. The summed E-state index contributed by atoms with van der Waals surface area (Å²) < 4.78 is 32.5. The van der Waals surface area contributed by atoms with Crippen LogP contribution in [0.1, 0.15) is 18.7 Å². The third-order valence-electron chi connectivity index (χ3n) is 4.58. The van der Waals surface area contributed by atoms with Gasteiger partial charge in [-0.2, -0.15) is 9.29 Å². The molecule has 0 spiro atoms. The van der Waals surface area contributed by atoms with Crippen LogP contribution in [0.3, 0.4) is 0 Å². The van der Waals surface area contributed by atoms with Crippen molar-refractivity contribution in [2.45, 2.75) is 24.2 Å². The largest absolute Gasteiger partial charge is 0.332 e. The maximum atomic E-state index is 12.8. The molecule has 0 amide bonds. The van der Waals surface area contributed by atoms with Crippen molar-refractivity contribution < 1.29 is 12.9 Å². The van der Waals surface area contributed by atoms with Crippen LogP contribution in [0.4, 0.5) is 0 Å². The van der Waals surface area contributed by atoms with Crippen molar-refractivity contribution in [3.8, 4) is 11.6 Å². The summed E-state index contributed by atoms with van der Waals surface area (Å²) in [6.45, 7) is 0.983. The highest BCUT2D eigenvalue weighted by molar-refractivity contribution is 7.89. The normalized spacial score (nSPS) is 18.4. The highest BCUT2D eigenvalue weighted by atomic mass is 32.2. The molecular formula is C18H19N5O3S. The summed E-state index contributed by atoms with van der Waals surface area (Å²) in [5, 5.41) is 4.01. The minimum absolute atomic E-state index is 0.143. The minimum Gasteiger partial charge on any atom is -0.332 e. The lowest BCUT2D eigenvalue weighted by atomic mass is 9.96. The van der Waals surface area contributed by atoms with Crippen LogP contribution in [0, 0.1) is 5.92 Å². The van der Waals surface area contributed by atoms with Gasteiger partial charge in [-0.25, -0.2) is 13.4 Å². The lowest BCUT2D eigenvalue weighted by Crippen LogP contribution is -2.40. The highest BCUT2D eigenvalue weighted by Gasteiger charge is 2.31. The summed E-state index contributed by atoms with van der Waals surface area (Å²) in [5.74, 6) is 1.02. The molecule has 0 radical (unpaired) electrons. The lowest BCUT2D eigenvalue weighted by molar-refractivity contribution is 0.261. The van der Waals surface area contributed by atoms with Gasteiger partial charge in [0.1, 0.15) is 5.69 Å². The molecule has 4 rings (SSSR count). The molecule has 27 heavy (non-hydrogen) atoms. The van der Waals surface area contributed by atoms with Crippen LogP contribution < -0.4 is 0 Å². The number of nitrogens with zero attached hydrogens (tertiary/aromatic N) is 5. The number of aromatic nitrogens is 4. The maximum absolute atomic E-state index is 12.8. The Morgan fingerprint density at radius 1 is 1.19 bits per heavy atom. The monoisotopic (exact) mass is 385 g/mol. The quantitative estimate of drug-likeness (QED) is 0.663. The molecule has 8 nitrogen and oxygen atoms in total. The van der Waals surface area contributed by atoms with Crippen LogP contribution in [0.2, 0.25) is 0 Å². The predicted octanol–water partition coefficient (Wildman–Crippen LogP) is 2.17. The van der Waals surface area contributed by atoms with Gasteiger partial charge in [-0.1, -0.05) is 23.4 Å². The molecule has 0 N–H and O–H groups in total. The minimum atomic E-state index is -3.47. The number of rotatable bonds is 5. The van der Waals surface area contributed by atoms with Crippen molar-refractivity contribution >= 4 is 10.0 Å². The van der Waals surface area contributed by atoms with Crippen LogP contribution in [-0.4, -0.2) is 45.9 Å². The van der Waals surface area contributed by atoms with Gasteiger partial charge in [0, 0.05) is 31.9 Å². The van der Waals surface area contributed by atoms with Crippen LogP contribution in [0.15, 0.2) is 58.3 Å². The Balaban J connectivity index is 1.46. The van der Waals surface area contributed by atoms with E-state index in [1.54, 1.807) is 47.2 Å². The number of piperidine rings is 1. The van der Waals surface area contributed by atoms with Gasteiger partial charge in [-0.15, -0.1) is 0 Å². The second-order valence-corrected chi connectivity index (χ2v) is 8.43. The molecule has 1 aliphatic heterocycles. The van der Waals surface area contributed by atoms with Crippen molar-refractivity contribution in [2.24, 2.45) is 5.92 Å². The van der Waals surface area contributed by atoms with E-state index in [1.165, 1.54) is 0 Å². The van der Waals surface area contributed by atoms with Crippen molar-refractivity contribution in [1.29, 1.82) is 0 Å².